The minimum atomic E-state index is -0.783. The zero-order chi connectivity index (χ0) is 19.4. The van der Waals surface area contributed by atoms with Crippen LogP contribution in [0, 0.1) is 17.7 Å². The summed E-state index contributed by atoms with van der Waals surface area (Å²) in [6, 6.07) is 14.7. The maximum atomic E-state index is 13.6. The Labute approximate surface area is 167 Å². The highest BCUT2D eigenvalue weighted by Crippen LogP contribution is 2.41. The van der Waals surface area contributed by atoms with Crippen molar-refractivity contribution < 1.29 is 9.50 Å². The highest BCUT2D eigenvalue weighted by atomic mass is 35.5. The first-order valence-electron chi connectivity index (χ1n) is 9.70. The maximum absolute atomic E-state index is 13.6. The predicted octanol–water partition coefficient (Wildman–Crippen LogP) is 4.97. The molecular formula is C23H29ClFNO. The van der Waals surface area contributed by atoms with Crippen molar-refractivity contribution in [2.45, 2.75) is 37.7 Å². The Morgan fingerprint density at radius 3 is 2.56 bits per heavy atom. The van der Waals surface area contributed by atoms with Crippen molar-refractivity contribution in [1.82, 2.24) is 4.90 Å². The summed E-state index contributed by atoms with van der Waals surface area (Å²) in [4.78, 5) is 2.14. The number of aliphatic hydroxyl groups is 1. The van der Waals surface area contributed by atoms with Gasteiger partial charge in [-0.25, -0.2) is 4.39 Å². The van der Waals surface area contributed by atoms with Crippen LogP contribution in [0.25, 0.3) is 0 Å². The molecule has 0 saturated heterocycles. The SMILES string of the molecule is CN(C)CC1CC(Cc2ccc(Cl)cc2)CCC1(O)Cc1cccc(F)c1. The summed E-state index contributed by atoms with van der Waals surface area (Å²) in [5.41, 5.74) is 1.38. The zero-order valence-electron chi connectivity index (χ0n) is 16.2. The lowest BCUT2D eigenvalue weighted by atomic mass is 9.67. The molecule has 0 heterocycles. The molecule has 4 heteroatoms. The largest absolute Gasteiger partial charge is 0.389 e. The van der Waals surface area contributed by atoms with Gasteiger partial charge in [0.15, 0.2) is 0 Å². The van der Waals surface area contributed by atoms with E-state index in [9.17, 15) is 9.50 Å². The van der Waals surface area contributed by atoms with Gasteiger partial charge in [0.25, 0.3) is 0 Å². The quantitative estimate of drug-likeness (QED) is 0.753. The van der Waals surface area contributed by atoms with Crippen LogP contribution in [0.2, 0.25) is 5.02 Å². The van der Waals surface area contributed by atoms with Crippen LogP contribution in [0.1, 0.15) is 30.4 Å². The van der Waals surface area contributed by atoms with Crippen molar-refractivity contribution in [3.8, 4) is 0 Å². The topological polar surface area (TPSA) is 23.5 Å². The van der Waals surface area contributed by atoms with Gasteiger partial charge in [0.05, 0.1) is 5.60 Å². The molecule has 1 aliphatic rings. The average molecular weight is 390 g/mol. The smallest absolute Gasteiger partial charge is 0.123 e. The normalized spacial score (nSPS) is 25.7. The molecule has 0 aromatic heterocycles. The molecule has 1 N–H and O–H groups in total. The first-order valence-corrected chi connectivity index (χ1v) is 10.1. The molecule has 3 rings (SSSR count). The fourth-order valence-corrected chi connectivity index (χ4v) is 4.58. The lowest BCUT2D eigenvalue weighted by Gasteiger charge is -2.44. The summed E-state index contributed by atoms with van der Waals surface area (Å²) < 4.78 is 13.6. The van der Waals surface area contributed by atoms with E-state index in [4.69, 9.17) is 11.6 Å². The summed E-state index contributed by atoms with van der Waals surface area (Å²) in [5.74, 6) is 0.474. The summed E-state index contributed by atoms with van der Waals surface area (Å²) in [6.45, 7) is 0.836. The maximum Gasteiger partial charge on any atom is 0.123 e. The lowest BCUT2D eigenvalue weighted by Crippen LogP contribution is -2.49. The van der Waals surface area contributed by atoms with Gasteiger partial charge in [-0.3, -0.25) is 0 Å². The van der Waals surface area contributed by atoms with E-state index in [2.05, 4.69) is 17.0 Å². The van der Waals surface area contributed by atoms with E-state index in [1.54, 1.807) is 12.1 Å². The summed E-state index contributed by atoms with van der Waals surface area (Å²) in [7, 11) is 4.09. The molecule has 3 atom stereocenters. The second-order valence-electron chi connectivity index (χ2n) is 8.34. The van der Waals surface area contributed by atoms with Gasteiger partial charge in [-0.1, -0.05) is 35.9 Å². The van der Waals surface area contributed by atoms with Gasteiger partial charge in [0, 0.05) is 23.9 Å². The Kier molecular flexibility index (Phi) is 6.56. The number of rotatable bonds is 6. The van der Waals surface area contributed by atoms with E-state index in [0.29, 0.717) is 12.3 Å². The van der Waals surface area contributed by atoms with Gasteiger partial charge in [-0.2, -0.15) is 0 Å². The molecule has 0 aliphatic heterocycles. The van der Waals surface area contributed by atoms with Gasteiger partial charge < -0.3 is 10.0 Å². The van der Waals surface area contributed by atoms with E-state index in [1.807, 2.05) is 32.3 Å². The monoisotopic (exact) mass is 389 g/mol. The summed E-state index contributed by atoms with van der Waals surface area (Å²) in [6.07, 6.45) is 4.24. The minimum Gasteiger partial charge on any atom is -0.389 e. The number of benzene rings is 2. The van der Waals surface area contributed by atoms with Crippen molar-refractivity contribution in [1.29, 1.82) is 0 Å². The average Bonchev–Trinajstić information content (AvgIpc) is 2.60. The molecule has 3 unspecified atom stereocenters. The zero-order valence-corrected chi connectivity index (χ0v) is 16.9. The van der Waals surface area contributed by atoms with E-state index in [0.717, 1.165) is 42.8 Å². The Morgan fingerprint density at radius 2 is 1.89 bits per heavy atom. The predicted molar refractivity (Wildman–Crippen MR) is 110 cm³/mol. The molecule has 0 bridgehead atoms. The second kappa shape index (κ2) is 8.72. The number of nitrogens with zero attached hydrogens (tertiary/aromatic N) is 1. The molecular weight excluding hydrogens is 361 g/mol. The number of halogens is 2. The highest BCUT2D eigenvalue weighted by molar-refractivity contribution is 6.30. The first-order chi connectivity index (χ1) is 12.8. The number of hydrogen-bond donors (Lipinski definition) is 1. The highest BCUT2D eigenvalue weighted by Gasteiger charge is 2.42. The van der Waals surface area contributed by atoms with Crippen LogP contribution in [-0.2, 0) is 12.8 Å². The molecule has 0 spiro atoms. The molecule has 146 valence electrons. The third kappa shape index (κ3) is 5.54. The third-order valence-electron chi connectivity index (χ3n) is 5.79. The van der Waals surface area contributed by atoms with Crippen molar-refractivity contribution in [2.75, 3.05) is 20.6 Å². The molecule has 1 aliphatic carbocycles. The van der Waals surface area contributed by atoms with E-state index >= 15 is 0 Å². The van der Waals surface area contributed by atoms with Crippen molar-refractivity contribution in [2.24, 2.45) is 11.8 Å². The Bertz CT molecular complexity index is 748. The fourth-order valence-electron chi connectivity index (χ4n) is 4.46. The van der Waals surface area contributed by atoms with Crippen LogP contribution >= 0.6 is 11.6 Å². The molecule has 2 nitrogen and oxygen atoms in total. The molecule has 27 heavy (non-hydrogen) atoms. The Morgan fingerprint density at radius 1 is 1.15 bits per heavy atom. The Hall–Kier alpha value is -1.42. The van der Waals surface area contributed by atoms with Crippen LogP contribution in [-0.4, -0.2) is 36.2 Å². The van der Waals surface area contributed by atoms with Crippen LogP contribution < -0.4 is 0 Å². The number of hydrogen-bond acceptors (Lipinski definition) is 2. The second-order valence-corrected chi connectivity index (χ2v) is 8.78. The van der Waals surface area contributed by atoms with Crippen molar-refractivity contribution >= 4 is 11.6 Å². The summed E-state index contributed by atoms with van der Waals surface area (Å²) in [5, 5.41) is 12.2. The van der Waals surface area contributed by atoms with Gasteiger partial charge in [-0.15, -0.1) is 0 Å². The van der Waals surface area contributed by atoms with Gasteiger partial charge >= 0.3 is 0 Å². The molecule has 2 aromatic carbocycles. The van der Waals surface area contributed by atoms with Gasteiger partial charge in [-0.05, 0) is 81.1 Å². The van der Waals surface area contributed by atoms with E-state index in [-0.39, 0.29) is 11.7 Å². The van der Waals surface area contributed by atoms with Crippen molar-refractivity contribution in [3.05, 3.63) is 70.5 Å². The van der Waals surface area contributed by atoms with Gasteiger partial charge in [0.2, 0.25) is 0 Å². The van der Waals surface area contributed by atoms with Crippen LogP contribution in [0.15, 0.2) is 48.5 Å². The molecule has 0 amide bonds. The van der Waals surface area contributed by atoms with E-state index < -0.39 is 5.60 Å². The van der Waals surface area contributed by atoms with Crippen LogP contribution in [0.3, 0.4) is 0 Å². The standard InChI is InChI=1S/C23H29ClFNO/c1-26(2)16-20-13-18(12-17-6-8-21(24)9-7-17)10-11-23(20,27)15-19-4-3-5-22(25)14-19/h3-9,14,18,20,27H,10-13,15-16H2,1-2H3. The van der Waals surface area contributed by atoms with Gasteiger partial charge in [0.1, 0.15) is 5.82 Å². The van der Waals surface area contributed by atoms with Crippen LogP contribution in [0.5, 0.6) is 0 Å². The summed E-state index contributed by atoms with van der Waals surface area (Å²) >= 11 is 6.00. The van der Waals surface area contributed by atoms with E-state index in [1.165, 1.54) is 11.6 Å². The Balaban J connectivity index is 1.72. The van der Waals surface area contributed by atoms with Crippen molar-refractivity contribution in [3.63, 3.8) is 0 Å². The lowest BCUT2D eigenvalue weighted by molar-refractivity contribution is -0.0686. The third-order valence-corrected chi connectivity index (χ3v) is 6.04. The molecule has 1 saturated carbocycles. The fraction of sp³-hybridized carbons (Fsp3) is 0.478. The molecule has 2 aromatic rings. The molecule has 0 radical (unpaired) electrons. The molecule has 1 fully saturated rings. The minimum absolute atomic E-state index is 0.168. The van der Waals surface area contributed by atoms with Crippen LogP contribution in [0.4, 0.5) is 4.39 Å². The first kappa shape index (κ1) is 20.3.